The van der Waals surface area contributed by atoms with Crippen LogP contribution in [0.3, 0.4) is 0 Å². The van der Waals surface area contributed by atoms with Crippen LogP contribution in [-0.2, 0) is 6.54 Å². The summed E-state index contributed by atoms with van der Waals surface area (Å²) in [4.78, 5) is 12.5. The first-order chi connectivity index (χ1) is 8.99. The van der Waals surface area contributed by atoms with Crippen molar-refractivity contribution in [3.05, 3.63) is 53.2 Å². The Labute approximate surface area is 110 Å². The average Bonchev–Trinajstić information content (AvgIpc) is 2.71. The molecule has 0 fully saturated rings. The molecule has 0 aliphatic rings. The maximum absolute atomic E-state index is 13.6. The molecule has 0 spiro atoms. The molecule has 1 aromatic carbocycles. The Morgan fingerprint density at radius 1 is 1.42 bits per heavy atom. The molecule has 0 aliphatic heterocycles. The highest BCUT2D eigenvalue weighted by Gasteiger charge is 2.15. The Balaban J connectivity index is 2.22. The van der Waals surface area contributed by atoms with E-state index in [1.54, 1.807) is 37.1 Å². The number of carboxylic acid groups (broad SMARTS) is 1. The molecule has 1 N–H and O–H groups in total. The van der Waals surface area contributed by atoms with Crippen molar-refractivity contribution in [3.8, 4) is 0 Å². The van der Waals surface area contributed by atoms with Crippen molar-refractivity contribution in [2.24, 2.45) is 0 Å². The predicted octanol–water partition coefficient (Wildman–Crippen LogP) is 3.06. The largest absolute Gasteiger partial charge is 0.475 e. The van der Waals surface area contributed by atoms with Crippen molar-refractivity contribution in [3.63, 3.8) is 0 Å². The zero-order valence-corrected chi connectivity index (χ0v) is 10.7. The van der Waals surface area contributed by atoms with Crippen LogP contribution in [0.1, 0.15) is 21.9 Å². The van der Waals surface area contributed by atoms with Crippen molar-refractivity contribution in [2.75, 3.05) is 11.9 Å². The lowest BCUT2D eigenvalue weighted by Crippen LogP contribution is -2.17. The van der Waals surface area contributed by atoms with E-state index in [0.29, 0.717) is 18.0 Å². The third-order valence-electron chi connectivity index (χ3n) is 2.90. The summed E-state index contributed by atoms with van der Waals surface area (Å²) in [6.45, 7) is 2.07. The highest BCUT2D eigenvalue weighted by Crippen LogP contribution is 2.22. The minimum Gasteiger partial charge on any atom is -0.475 e. The van der Waals surface area contributed by atoms with Gasteiger partial charge in [0.15, 0.2) is 0 Å². The van der Waals surface area contributed by atoms with Gasteiger partial charge in [-0.1, -0.05) is 12.1 Å². The number of aryl methyl sites for hydroxylation is 1. The number of furan rings is 1. The van der Waals surface area contributed by atoms with E-state index < -0.39 is 5.97 Å². The third kappa shape index (κ3) is 2.76. The predicted molar refractivity (Wildman–Crippen MR) is 68.9 cm³/mol. The minimum atomic E-state index is -1.11. The normalized spacial score (nSPS) is 10.5. The SMILES string of the molecule is Cc1oc(C(=O)O)cc1CN(C)c1ccccc1F. The number of benzene rings is 1. The van der Waals surface area contributed by atoms with Gasteiger partial charge >= 0.3 is 5.97 Å². The number of aromatic carboxylic acids is 1. The molecule has 2 rings (SSSR count). The molecule has 0 saturated heterocycles. The molecule has 0 aliphatic carbocycles. The summed E-state index contributed by atoms with van der Waals surface area (Å²) in [6, 6.07) is 7.90. The average molecular weight is 263 g/mol. The van der Waals surface area contributed by atoms with E-state index in [9.17, 15) is 9.18 Å². The Bertz CT molecular complexity index is 606. The van der Waals surface area contributed by atoms with E-state index in [-0.39, 0.29) is 11.6 Å². The van der Waals surface area contributed by atoms with Gasteiger partial charge in [0.05, 0.1) is 5.69 Å². The zero-order valence-electron chi connectivity index (χ0n) is 10.7. The van der Waals surface area contributed by atoms with Gasteiger partial charge in [-0.3, -0.25) is 0 Å². The van der Waals surface area contributed by atoms with Crippen LogP contribution in [0.5, 0.6) is 0 Å². The summed E-state index contributed by atoms with van der Waals surface area (Å²) in [7, 11) is 1.74. The highest BCUT2D eigenvalue weighted by molar-refractivity contribution is 5.84. The van der Waals surface area contributed by atoms with Crippen molar-refractivity contribution >= 4 is 11.7 Å². The molecule has 0 saturated carbocycles. The van der Waals surface area contributed by atoms with Gasteiger partial charge in [-0.2, -0.15) is 0 Å². The summed E-state index contributed by atoms with van der Waals surface area (Å²) in [5.41, 5.74) is 1.18. The first-order valence-electron chi connectivity index (χ1n) is 5.77. The summed E-state index contributed by atoms with van der Waals surface area (Å²) in [5.74, 6) is -0.998. The molecule has 2 aromatic rings. The van der Waals surface area contributed by atoms with E-state index in [1.807, 2.05) is 0 Å². The Morgan fingerprint density at radius 3 is 2.68 bits per heavy atom. The maximum Gasteiger partial charge on any atom is 0.371 e. The van der Waals surface area contributed by atoms with Crippen LogP contribution >= 0.6 is 0 Å². The molecule has 0 atom stereocenters. The number of hydrogen-bond acceptors (Lipinski definition) is 3. The second-order valence-electron chi connectivity index (χ2n) is 4.30. The molecule has 1 aromatic heterocycles. The lowest BCUT2D eigenvalue weighted by atomic mass is 10.2. The van der Waals surface area contributed by atoms with Crippen molar-refractivity contribution in [1.29, 1.82) is 0 Å². The molecular formula is C14H14FNO3. The number of halogens is 1. The fourth-order valence-electron chi connectivity index (χ4n) is 1.88. The second kappa shape index (κ2) is 5.14. The van der Waals surface area contributed by atoms with Crippen LogP contribution in [0.2, 0.25) is 0 Å². The fourth-order valence-corrected chi connectivity index (χ4v) is 1.88. The van der Waals surface area contributed by atoms with Gasteiger partial charge in [-0.05, 0) is 25.1 Å². The molecular weight excluding hydrogens is 249 g/mol. The lowest BCUT2D eigenvalue weighted by Gasteiger charge is -2.19. The highest BCUT2D eigenvalue weighted by atomic mass is 19.1. The first kappa shape index (κ1) is 13.1. The van der Waals surface area contributed by atoms with Crippen LogP contribution in [-0.4, -0.2) is 18.1 Å². The Kier molecular flexibility index (Phi) is 3.55. The van der Waals surface area contributed by atoms with Gasteiger partial charge < -0.3 is 14.4 Å². The molecule has 100 valence electrons. The lowest BCUT2D eigenvalue weighted by molar-refractivity contribution is 0.0661. The Morgan fingerprint density at radius 2 is 2.11 bits per heavy atom. The van der Waals surface area contributed by atoms with Gasteiger partial charge in [0.2, 0.25) is 5.76 Å². The number of rotatable bonds is 4. The molecule has 0 unspecified atom stereocenters. The van der Waals surface area contributed by atoms with E-state index in [1.165, 1.54) is 12.1 Å². The fraction of sp³-hybridized carbons (Fsp3) is 0.214. The molecule has 4 nitrogen and oxygen atoms in total. The standard InChI is InChI=1S/C14H14FNO3/c1-9-10(7-13(19-9)14(17)18)8-16(2)12-6-4-3-5-11(12)15/h3-7H,8H2,1-2H3,(H,17,18). The number of anilines is 1. The minimum absolute atomic E-state index is 0.102. The number of para-hydroxylation sites is 1. The summed E-state index contributed by atoms with van der Waals surface area (Å²) >= 11 is 0. The number of carboxylic acids is 1. The summed E-state index contributed by atoms with van der Waals surface area (Å²) in [6.07, 6.45) is 0. The smallest absolute Gasteiger partial charge is 0.371 e. The van der Waals surface area contributed by atoms with Gasteiger partial charge in [0.1, 0.15) is 11.6 Å². The summed E-state index contributed by atoms with van der Waals surface area (Å²) in [5, 5.41) is 8.85. The molecule has 19 heavy (non-hydrogen) atoms. The van der Waals surface area contributed by atoms with Crippen molar-refractivity contribution < 1.29 is 18.7 Å². The number of carbonyl (C=O) groups is 1. The van der Waals surface area contributed by atoms with Crippen LogP contribution < -0.4 is 4.90 Å². The van der Waals surface area contributed by atoms with Crippen LogP contribution in [0, 0.1) is 12.7 Å². The van der Waals surface area contributed by atoms with E-state index >= 15 is 0 Å². The van der Waals surface area contributed by atoms with Gasteiger partial charge in [-0.25, -0.2) is 9.18 Å². The van der Waals surface area contributed by atoms with Crippen molar-refractivity contribution in [2.45, 2.75) is 13.5 Å². The van der Waals surface area contributed by atoms with Gasteiger partial charge in [-0.15, -0.1) is 0 Å². The molecule has 0 amide bonds. The van der Waals surface area contributed by atoms with Crippen LogP contribution in [0.25, 0.3) is 0 Å². The van der Waals surface area contributed by atoms with Gasteiger partial charge in [0, 0.05) is 19.2 Å². The third-order valence-corrected chi connectivity index (χ3v) is 2.90. The van der Waals surface area contributed by atoms with Crippen LogP contribution in [0.4, 0.5) is 10.1 Å². The Hall–Kier alpha value is -2.30. The number of hydrogen-bond donors (Lipinski definition) is 1. The quantitative estimate of drug-likeness (QED) is 0.921. The summed E-state index contributed by atoms with van der Waals surface area (Å²) < 4.78 is 18.7. The van der Waals surface area contributed by atoms with E-state index in [0.717, 1.165) is 5.56 Å². The maximum atomic E-state index is 13.6. The molecule has 0 bridgehead atoms. The first-order valence-corrected chi connectivity index (χ1v) is 5.77. The van der Waals surface area contributed by atoms with Crippen molar-refractivity contribution in [1.82, 2.24) is 0 Å². The molecule has 1 heterocycles. The van der Waals surface area contributed by atoms with Crippen LogP contribution in [0.15, 0.2) is 34.7 Å². The zero-order chi connectivity index (χ0) is 14.0. The van der Waals surface area contributed by atoms with Gasteiger partial charge in [0.25, 0.3) is 0 Å². The number of nitrogens with zero attached hydrogens (tertiary/aromatic N) is 1. The molecule has 0 radical (unpaired) electrons. The monoisotopic (exact) mass is 263 g/mol. The topological polar surface area (TPSA) is 53.7 Å². The van der Waals surface area contributed by atoms with E-state index in [2.05, 4.69) is 0 Å². The second-order valence-corrected chi connectivity index (χ2v) is 4.30. The molecule has 5 heteroatoms. The van der Waals surface area contributed by atoms with E-state index in [4.69, 9.17) is 9.52 Å².